The Balaban J connectivity index is 0. The Hall–Kier alpha value is -0.970. The van der Waals surface area contributed by atoms with Crippen molar-refractivity contribution in [1.82, 2.24) is 10.2 Å². The Morgan fingerprint density at radius 3 is 1.79 bits per heavy atom. The summed E-state index contributed by atoms with van der Waals surface area (Å²) < 4.78 is 46.4. The molecule has 0 fully saturated rings. The van der Waals surface area contributed by atoms with Crippen LogP contribution in [0.2, 0.25) is 0 Å². The summed E-state index contributed by atoms with van der Waals surface area (Å²) in [5, 5.41) is 2.59. The molecule has 0 aromatic heterocycles. The van der Waals surface area contributed by atoms with Crippen LogP contribution in [0.25, 0.3) is 0 Å². The molecule has 0 heterocycles. The Labute approximate surface area is 171 Å². The van der Waals surface area contributed by atoms with Crippen molar-refractivity contribution in [3.05, 3.63) is 0 Å². The predicted molar refractivity (Wildman–Crippen MR) is 106 cm³/mol. The van der Waals surface area contributed by atoms with Crippen molar-refractivity contribution in [1.29, 1.82) is 0 Å². The van der Waals surface area contributed by atoms with Crippen LogP contribution in [0.3, 0.4) is 0 Å². The average molecular weight is 462 g/mol. The molecule has 14 heteroatoms. The molecule has 29 heavy (non-hydrogen) atoms. The molecule has 0 amide bonds. The maximum absolute atomic E-state index is 11.8. The second-order valence-corrected chi connectivity index (χ2v) is 10.2. The summed E-state index contributed by atoms with van der Waals surface area (Å²) in [4.78, 5) is 33.5. The van der Waals surface area contributed by atoms with Crippen LogP contribution < -0.4 is 5.32 Å². The van der Waals surface area contributed by atoms with Crippen molar-refractivity contribution < 1.29 is 46.3 Å². The van der Waals surface area contributed by atoms with E-state index in [1.165, 1.54) is 35.5 Å². The largest absolute Gasteiger partial charge is 0.468 e. The first-order chi connectivity index (χ1) is 13.5. The second kappa shape index (κ2) is 15.8. The number of rotatable bonds is 14. The number of ketones is 1. The molecule has 0 aromatic carbocycles. The first kappa shape index (κ1) is 30.2. The zero-order chi connectivity index (χ0) is 23.1. The number of nitrogens with zero attached hydrogens (tertiary/aromatic N) is 1. The number of methoxy groups -OCH3 is 1. The lowest BCUT2D eigenvalue weighted by atomic mass is 10.3. The molecule has 0 aromatic rings. The highest BCUT2D eigenvalue weighted by Crippen LogP contribution is 2.47. The lowest BCUT2D eigenvalue weighted by Crippen LogP contribution is -2.37. The van der Waals surface area contributed by atoms with Gasteiger partial charge in [-0.2, -0.15) is 0 Å². The third kappa shape index (κ3) is 13.8. The first-order valence-electron chi connectivity index (χ1n) is 8.37. The molecule has 0 radical (unpaired) electrons. The zero-order valence-corrected chi connectivity index (χ0v) is 19.7. The van der Waals surface area contributed by atoms with Crippen LogP contribution >= 0.6 is 15.2 Å². The van der Waals surface area contributed by atoms with Gasteiger partial charge in [0.1, 0.15) is 6.29 Å². The van der Waals surface area contributed by atoms with Crippen molar-refractivity contribution in [2.45, 2.75) is 19.9 Å². The number of carbonyl (C=O) groups is 3. The van der Waals surface area contributed by atoms with Gasteiger partial charge in [0, 0.05) is 34.5 Å². The molecule has 0 rings (SSSR count). The minimum atomic E-state index is -3.20. The van der Waals surface area contributed by atoms with Crippen LogP contribution in [0.1, 0.15) is 13.8 Å². The fourth-order valence-corrected chi connectivity index (χ4v) is 3.66. The van der Waals surface area contributed by atoms with E-state index in [4.69, 9.17) is 9.05 Å². The molecule has 0 aliphatic heterocycles. The molecule has 172 valence electrons. The smallest absolute Gasteiger partial charge is 0.344 e. The van der Waals surface area contributed by atoms with E-state index in [1.807, 2.05) is 13.8 Å². The van der Waals surface area contributed by atoms with Crippen molar-refractivity contribution in [3.63, 3.8) is 0 Å². The topological polar surface area (TPSA) is 147 Å². The van der Waals surface area contributed by atoms with Gasteiger partial charge in [-0.1, -0.05) is 0 Å². The van der Waals surface area contributed by atoms with Gasteiger partial charge in [-0.25, -0.2) is 0 Å². The van der Waals surface area contributed by atoms with Crippen LogP contribution in [-0.2, 0) is 46.3 Å². The van der Waals surface area contributed by atoms with E-state index in [-0.39, 0.29) is 38.0 Å². The van der Waals surface area contributed by atoms with Crippen LogP contribution in [0.15, 0.2) is 0 Å². The average Bonchev–Trinajstić information content (AvgIpc) is 2.72. The maximum Gasteiger partial charge on any atom is 0.344 e. The molecule has 0 saturated carbocycles. The monoisotopic (exact) mass is 462 g/mol. The SMILES string of the molecule is COC(=O)CNCP(=O)(OC)OC.COP(=O)(CN(CC(=O)C=O)C(C)C)OC. The number of aldehydes is 1. The number of ether oxygens (including phenoxy) is 1. The minimum Gasteiger partial charge on any atom is -0.468 e. The number of esters is 1. The van der Waals surface area contributed by atoms with Crippen LogP contribution in [0.5, 0.6) is 0 Å². The van der Waals surface area contributed by atoms with Crippen LogP contribution in [0.4, 0.5) is 0 Å². The van der Waals surface area contributed by atoms with E-state index < -0.39 is 26.9 Å². The van der Waals surface area contributed by atoms with Crippen molar-refractivity contribution in [2.75, 3.05) is 61.2 Å². The number of hydrogen-bond donors (Lipinski definition) is 1. The Morgan fingerprint density at radius 2 is 1.45 bits per heavy atom. The van der Waals surface area contributed by atoms with E-state index in [0.717, 1.165) is 0 Å². The highest BCUT2D eigenvalue weighted by molar-refractivity contribution is 7.54. The summed E-state index contributed by atoms with van der Waals surface area (Å²) in [6.45, 7) is 3.55. The van der Waals surface area contributed by atoms with E-state index in [2.05, 4.69) is 19.1 Å². The highest BCUT2D eigenvalue weighted by atomic mass is 31.2. The van der Waals surface area contributed by atoms with Gasteiger partial charge >= 0.3 is 21.2 Å². The summed E-state index contributed by atoms with van der Waals surface area (Å²) in [6, 6.07) is -0.0393. The molecule has 0 aliphatic carbocycles. The molecule has 0 saturated heterocycles. The Bertz CT molecular complexity index is 584. The molecule has 0 atom stereocenters. The van der Waals surface area contributed by atoms with Crippen molar-refractivity contribution >= 4 is 33.2 Å². The zero-order valence-electron chi connectivity index (χ0n) is 17.9. The van der Waals surface area contributed by atoms with Gasteiger partial charge in [-0.15, -0.1) is 0 Å². The summed E-state index contributed by atoms with van der Waals surface area (Å²) in [6.07, 6.45) is 0.215. The van der Waals surface area contributed by atoms with Crippen LogP contribution in [-0.4, -0.2) is 90.2 Å². The molecular weight excluding hydrogens is 430 g/mol. The molecule has 1 N–H and O–H groups in total. The molecule has 0 unspecified atom stereocenters. The Kier molecular flexibility index (Phi) is 16.5. The van der Waals surface area contributed by atoms with Gasteiger partial charge in [-0.05, 0) is 13.8 Å². The third-order valence-corrected chi connectivity index (χ3v) is 7.04. The molecular formula is C15H32N2O10P2. The van der Waals surface area contributed by atoms with Gasteiger partial charge in [0.05, 0.1) is 26.5 Å². The molecule has 12 nitrogen and oxygen atoms in total. The lowest BCUT2D eigenvalue weighted by Gasteiger charge is -2.27. The van der Waals surface area contributed by atoms with Gasteiger partial charge < -0.3 is 22.8 Å². The number of carbonyl (C=O) groups excluding carboxylic acids is 3. The summed E-state index contributed by atoms with van der Waals surface area (Å²) >= 11 is 0. The molecule has 0 bridgehead atoms. The predicted octanol–water partition coefficient (Wildman–Crippen LogP) is 1.10. The number of hydrogen-bond acceptors (Lipinski definition) is 12. The molecule has 0 aliphatic rings. The summed E-state index contributed by atoms with van der Waals surface area (Å²) in [5.41, 5.74) is 0. The quantitative estimate of drug-likeness (QED) is 0.171. The van der Waals surface area contributed by atoms with E-state index >= 15 is 0 Å². The fourth-order valence-electron chi connectivity index (χ4n) is 1.62. The third-order valence-electron chi connectivity index (χ3n) is 3.49. The lowest BCUT2D eigenvalue weighted by molar-refractivity contribution is -0.139. The van der Waals surface area contributed by atoms with E-state index in [0.29, 0.717) is 0 Å². The first-order valence-corrected chi connectivity index (χ1v) is 11.8. The summed E-state index contributed by atoms with van der Waals surface area (Å²) in [7, 11) is 0.135. The van der Waals surface area contributed by atoms with Gasteiger partial charge in [0.25, 0.3) is 0 Å². The minimum absolute atomic E-state index is 0.0166. The van der Waals surface area contributed by atoms with E-state index in [9.17, 15) is 23.5 Å². The van der Waals surface area contributed by atoms with E-state index in [1.54, 1.807) is 4.90 Å². The fraction of sp³-hybridized carbons (Fsp3) is 0.800. The highest BCUT2D eigenvalue weighted by Gasteiger charge is 2.27. The number of nitrogens with one attached hydrogen (secondary N) is 1. The van der Waals surface area contributed by atoms with Gasteiger partial charge in [0.15, 0.2) is 6.29 Å². The number of Topliss-reactive ketones (excluding diaryl/α,β-unsaturated/α-hetero) is 1. The van der Waals surface area contributed by atoms with Crippen LogP contribution in [0, 0.1) is 0 Å². The van der Waals surface area contributed by atoms with Crippen molar-refractivity contribution in [3.8, 4) is 0 Å². The second-order valence-electron chi connectivity index (χ2n) is 5.68. The van der Waals surface area contributed by atoms with Gasteiger partial charge in [-0.3, -0.25) is 33.7 Å². The van der Waals surface area contributed by atoms with Crippen molar-refractivity contribution in [2.24, 2.45) is 0 Å². The maximum atomic E-state index is 11.8. The Morgan fingerprint density at radius 1 is 0.966 bits per heavy atom. The van der Waals surface area contributed by atoms with Gasteiger partial charge in [0.2, 0.25) is 5.78 Å². The normalized spacial score (nSPS) is 11.8. The molecule has 0 spiro atoms. The standard InChI is InChI=1S/C9H18NO5P.C6H14NO5P/c1-8(2)10(5-9(12)6-11)7-16(13,14-3)15-4;1-10-6(8)4-7-5-13(9,11-2)12-3/h6,8H,5,7H2,1-4H3;7H,4-5H2,1-3H3. The summed E-state index contributed by atoms with van der Waals surface area (Å²) in [5.74, 6) is -0.994.